The van der Waals surface area contributed by atoms with Gasteiger partial charge in [-0.3, -0.25) is 4.90 Å². The number of hydrogen-bond acceptors (Lipinski definition) is 3. The molecular weight excluding hydrogens is 657 g/mol. The second kappa shape index (κ2) is 12.1. The molecule has 0 amide bonds. The second-order valence-corrected chi connectivity index (χ2v) is 13.8. The first-order valence-corrected chi connectivity index (χ1v) is 18.3. The van der Waals surface area contributed by atoms with Gasteiger partial charge in [-0.25, -0.2) is 9.97 Å². The summed E-state index contributed by atoms with van der Waals surface area (Å²) in [7, 11) is 0. The van der Waals surface area contributed by atoms with Crippen LogP contribution in [0.5, 0.6) is 0 Å². The smallest absolute Gasteiger partial charge is 0.235 e. The Morgan fingerprint density at radius 1 is 0.370 bits per heavy atom. The van der Waals surface area contributed by atoms with E-state index in [1.165, 1.54) is 38.2 Å². The summed E-state index contributed by atoms with van der Waals surface area (Å²) >= 11 is 0. The third-order valence-electron chi connectivity index (χ3n) is 10.7. The molecule has 1 aliphatic rings. The van der Waals surface area contributed by atoms with Gasteiger partial charge in [-0.2, -0.15) is 0 Å². The summed E-state index contributed by atoms with van der Waals surface area (Å²) in [6.07, 6.45) is 0. The molecule has 8 aromatic carbocycles. The van der Waals surface area contributed by atoms with Crippen LogP contribution in [0.2, 0.25) is 0 Å². The average Bonchev–Trinajstić information content (AvgIpc) is 3.57. The fourth-order valence-electron chi connectivity index (χ4n) is 8.25. The van der Waals surface area contributed by atoms with Crippen LogP contribution in [-0.2, 0) is 0 Å². The van der Waals surface area contributed by atoms with Crippen LogP contribution in [-0.4, -0.2) is 14.5 Å². The summed E-state index contributed by atoms with van der Waals surface area (Å²) in [5, 5.41) is 4.79. The number of aromatic nitrogens is 3. The summed E-state index contributed by atoms with van der Waals surface area (Å²) in [5.74, 6) is 0.631. The maximum absolute atomic E-state index is 5.37. The third-order valence-corrected chi connectivity index (χ3v) is 10.7. The number of anilines is 3. The highest BCUT2D eigenvalue weighted by Crippen LogP contribution is 2.52. The van der Waals surface area contributed by atoms with Crippen LogP contribution < -0.4 is 4.90 Å². The van der Waals surface area contributed by atoms with Crippen molar-refractivity contribution < 1.29 is 0 Å². The number of nitrogens with zero attached hydrogens (tertiary/aromatic N) is 4. The lowest BCUT2D eigenvalue weighted by atomic mass is 9.90. The minimum atomic E-state index is 0.631. The number of hydrogen-bond donors (Lipinski definition) is 0. The zero-order chi connectivity index (χ0) is 35.6. The fourth-order valence-corrected chi connectivity index (χ4v) is 8.25. The Balaban J connectivity index is 1.25. The van der Waals surface area contributed by atoms with Crippen molar-refractivity contribution in [2.24, 2.45) is 0 Å². The van der Waals surface area contributed by atoms with Gasteiger partial charge >= 0.3 is 0 Å². The van der Waals surface area contributed by atoms with Crippen LogP contribution >= 0.6 is 0 Å². The maximum Gasteiger partial charge on any atom is 0.235 e. The number of benzene rings is 8. The lowest BCUT2D eigenvalue weighted by Gasteiger charge is -2.32. The van der Waals surface area contributed by atoms with E-state index in [-0.39, 0.29) is 0 Å². The van der Waals surface area contributed by atoms with Gasteiger partial charge in [-0.1, -0.05) is 146 Å². The highest BCUT2D eigenvalue weighted by Gasteiger charge is 2.30. The van der Waals surface area contributed by atoms with E-state index in [0.717, 1.165) is 56.2 Å². The summed E-state index contributed by atoms with van der Waals surface area (Å²) < 4.78 is 2.40. The van der Waals surface area contributed by atoms with Crippen LogP contribution in [0, 0.1) is 0 Å². The molecule has 0 aliphatic carbocycles. The SMILES string of the molecule is c1ccc(-c2ccc3c(c2)c2cc4c(cc2n3-c2ccccc2)N(c2nc(-c3ccccc3)cc(-c3ccccc3)n2)c2cccc3cccc-4c23)cc1. The van der Waals surface area contributed by atoms with Gasteiger partial charge in [0.1, 0.15) is 0 Å². The summed E-state index contributed by atoms with van der Waals surface area (Å²) in [6, 6.07) is 69.1. The average molecular weight is 689 g/mol. The van der Waals surface area contributed by atoms with E-state index in [4.69, 9.17) is 9.97 Å². The Morgan fingerprint density at radius 3 is 1.63 bits per heavy atom. The van der Waals surface area contributed by atoms with E-state index in [1.54, 1.807) is 0 Å². The Labute approximate surface area is 312 Å². The Kier molecular flexibility index (Phi) is 6.82. The van der Waals surface area contributed by atoms with Gasteiger partial charge in [0.2, 0.25) is 5.95 Å². The summed E-state index contributed by atoms with van der Waals surface area (Å²) in [5.41, 5.74) is 14.1. The molecule has 252 valence electrons. The zero-order valence-corrected chi connectivity index (χ0v) is 29.3. The van der Waals surface area contributed by atoms with Gasteiger partial charge in [0.25, 0.3) is 0 Å². The lowest BCUT2D eigenvalue weighted by Crippen LogP contribution is -2.18. The molecule has 10 aromatic rings. The first-order chi connectivity index (χ1) is 26.8. The van der Waals surface area contributed by atoms with Crippen LogP contribution in [0.3, 0.4) is 0 Å². The van der Waals surface area contributed by atoms with Gasteiger partial charge in [0.15, 0.2) is 0 Å². The van der Waals surface area contributed by atoms with Crippen molar-refractivity contribution in [2.45, 2.75) is 0 Å². The topological polar surface area (TPSA) is 34.0 Å². The van der Waals surface area contributed by atoms with Gasteiger partial charge in [0.05, 0.1) is 33.8 Å². The predicted octanol–water partition coefficient (Wildman–Crippen LogP) is 13.2. The molecule has 0 spiro atoms. The van der Waals surface area contributed by atoms with Crippen molar-refractivity contribution in [1.82, 2.24) is 14.5 Å². The minimum Gasteiger partial charge on any atom is -0.309 e. The molecule has 1 aliphatic heterocycles. The molecular formula is C50H32N4. The quantitative estimate of drug-likeness (QED) is 0.180. The monoisotopic (exact) mass is 688 g/mol. The van der Waals surface area contributed by atoms with Gasteiger partial charge in [-0.05, 0) is 70.6 Å². The highest BCUT2D eigenvalue weighted by molar-refractivity contribution is 6.19. The Bertz CT molecular complexity index is 2960. The number of fused-ring (bicyclic) bond motifs is 5. The van der Waals surface area contributed by atoms with Crippen molar-refractivity contribution in [1.29, 1.82) is 0 Å². The van der Waals surface area contributed by atoms with Crippen molar-refractivity contribution in [3.8, 4) is 50.5 Å². The van der Waals surface area contributed by atoms with E-state index >= 15 is 0 Å². The van der Waals surface area contributed by atoms with Crippen molar-refractivity contribution in [2.75, 3.05) is 4.90 Å². The standard InChI is InChI=1S/C50H32N4/c1-5-15-33(16-6-1)37-27-28-45-40(29-37)42-30-41-39-25-13-21-36-22-14-26-46(49(36)39)54(48(41)32-47(42)53(45)38-23-11-4-12-24-38)50-51-43(34-17-7-2-8-18-34)31-44(52-50)35-19-9-3-10-20-35/h1-32H. The highest BCUT2D eigenvalue weighted by atomic mass is 15.3. The van der Waals surface area contributed by atoms with Crippen LogP contribution in [0.1, 0.15) is 0 Å². The normalized spacial score (nSPS) is 12.0. The second-order valence-electron chi connectivity index (χ2n) is 13.8. The van der Waals surface area contributed by atoms with Gasteiger partial charge in [0, 0.05) is 38.5 Å². The van der Waals surface area contributed by atoms with E-state index in [9.17, 15) is 0 Å². The largest absolute Gasteiger partial charge is 0.309 e. The molecule has 0 bridgehead atoms. The molecule has 11 rings (SSSR count). The van der Waals surface area contributed by atoms with E-state index in [2.05, 4.69) is 191 Å². The zero-order valence-electron chi connectivity index (χ0n) is 29.3. The number of rotatable bonds is 5. The van der Waals surface area contributed by atoms with Crippen LogP contribution in [0.25, 0.3) is 83.0 Å². The van der Waals surface area contributed by atoms with Crippen LogP contribution in [0.4, 0.5) is 17.3 Å². The summed E-state index contributed by atoms with van der Waals surface area (Å²) in [4.78, 5) is 13.0. The third kappa shape index (κ3) is 4.78. The minimum absolute atomic E-state index is 0.631. The molecule has 0 radical (unpaired) electrons. The molecule has 3 heterocycles. The molecule has 4 nitrogen and oxygen atoms in total. The van der Waals surface area contributed by atoms with E-state index in [1.807, 2.05) is 12.1 Å². The lowest BCUT2D eigenvalue weighted by molar-refractivity contribution is 1.09. The first-order valence-electron chi connectivity index (χ1n) is 18.3. The van der Waals surface area contributed by atoms with E-state index in [0.29, 0.717) is 5.95 Å². The molecule has 2 aromatic heterocycles. The Morgan fingerprint density at radius 2 is 0.963 bits per heavy atom. The molecule has 0 unspecified atom stereocenters. The molecule has 0 atom stereocenters. The summed E-state index contributed by atoms with van der Waals surface area (Å²) in [6.45, 7) is 0. The van der Waals surface area contributed by atoms with Gasteiger partial charge in [-0.15, -0.1) is 0 Å². The predicted molar refractivity (Wildman–Crippen MR) is 224 cm³/mol. The molecule has 0 saturated heterocycles. The molecule has 0 saturated carbocycles. The molecule has 54 heavy (non-hydrogen) atoms. The number of para-hydroxylation sites is 1. The van der Waals surface area contributed by atoms with Gasteiger partial charge < -0.3 is 4.57 Å². The van der Waals surface area contributed by atoms with Crippen molar-refractivity contribution in [3.05, 3.63) is 194 Å². The van der Waals surface area contributed by atoms with Crippen molar-refractivity contribution in [3.63, 3.8) is 0 Å². The van der Waals surface area contributed by atoms with E-state index < -0.39 is 0 Å². The molecule has 0 fully saturated rings. The van der Waals surface area contributed by atoms with Crippen LogP contribution in [0.15, 0.2) is 194 Å². The Hall–Kier alpha value is -7.30. The fraction of sp³-hybridized carbons (Fsp3) is 0. The molecule has 0 N–H and O–H groups in total. The first kappa shape index (κ1) is 30.3. The van der Waals surface area contributed by atoms with Crippen molar-refractivity contribution >= 4 is 49.9 Å². The molecule has 4 heteroatoms. The maximum atomic E-state index is 5.37.